The molecule has 4 bridgehead atoms. The van der Waals surface area contributed by atoms with E-state index >= 15 is 0 Å². The van der Waals surface area contributed by atoms with E-state index < -0.39 is 0 Å². The van der Waals surface area contributed by atoms with Gasteiger partial charge in [0.1, 0.15) is 0 Å². The maximum absolute atomic E-state index is 6.15. The lowest BCUT2D eigenvalue weighted by Gasteiger charge is -2.57. The third-order valence-corrected chi connectivity index (χ3v) is 7.41. The number of nitrogens with zero attached hydrogens (tertiary/aromatic N) is 1. The largest absolute Gasteiger partial charge is 0.328 e. The summed E-state index contributed by atoms with van der Waals surface area (Å²) in [5.41, 5.74) is 6.91. The van der Waals surface area contributed by atoms with Gasteiger partial charge in [-0.3, -0.25) is 0 Å². The van der Waals surface area contributed by atoms with Crippen molar-refractivity contribution >= 4 is 0 Å². The van der Waals surface area contributed by atoms with Crippen molar-refractivity contribution in [2.75, 3.05) is 19.6 Å². The Labute approximate surface area is 130 Å². The quantitative estimate of drug-likeness (QED) is 0.856. The molecule has 0 amide bonds. The Hall–Kier alpha value is -0.0800. The van der Waals surface area contributed by atoms with Crippen LogP contribution in [0.2, 0.25) is 0 Å². The normalized spacial score (nSPS) is 47.7. The molecule has 0 spiro atoms. The summed E-state index contributed by atoms with van der Waals surface area (Å²) in [6.45, 7) is 6.16. The lowest BCUT2D eigenvalue weighted by Crippen LogP contribution is -2.48. The molecule has 5 aliphatic rings. The molecule has 1 aliphatic heterocycles. The summed E-state index contributed by atoms with van der Waals surface area (Å²) in [7, 11) is 0. The van der Waals surface area contributed by atoms with Crippen LogP contribution < -0.4 is 5.73 Å². The first-order valence-electron chi connectivity index (χ1n) is 9.60. The van der Waals surface area contributed by atoms with Crippen LogP contribution in [0.3, 0.4) is 0 Å². The molecule has 5 fully saturated rings. The van der Waals surface area contributed by atoms with Crippen LogP contribution in [0.25, 0.3) is 0 Å². The van der Waals surface area contributed by atoms with E-state index in [0.717, 1.165) is 29.1 Å². The lowest BCUT2D eigenvalue weighted by molar-refractivity contribution is -0.0622. The molecular formula is C19H34N2. The zero-order valence-corrected chi connectivity index (χ0v) is 13.9. The third-order valence-electron chi connectivity index (χ3n) is 7.41. The summed E-state index contributed by atoms with van der Waals surface area (Å²) in [6, 6.07) is 0.382. The van der Waals surface area contributed by atoms with Crippen LogP contribution in [-0.2, 0) is 0 Å². The van der Waals surface area contributed by atoms with Crippen LogP contribution in [0, 0.1) is 29.1 Å². The second-order valence-electron chi connectivity index (χ2n) is 9.23. The minimum Gasteiger partial charge on any atom is -0.328 e. The minimum atomic E-state index is 0.382. The summed E-state index contributed by atoms with van der Waals surface area (Å²) in [5.74, 6) is 4.06. The van der Waals surface area contributed by atoms with E-state index in [1.807, 2.05) is 0 Å². The molecule has 4 saturated carbocycles. The molecule has 2 atom stereocenters. The van der Waals surface area contributed by atoms with Gasteiger partial charge in [0.05, 0.1) is 0 Å². The highest BCUT2D eigenvalue weighted by Crippen LogP contribution is 2.61. The number of hydrogen-bond acceptors (Lipinski definition) is 2. The Kier molecular flexibility index (Phi) is 3.82. The van der Waals surface area contributed by atoms with Gasteiger partial charge in [0.25, 0.3) is 0 Å². The number of likely N-dealkylation sites (tertiary alicyclic amines) is 1. The molecule has 2 N–H and O–H groups in total. The minimum absolute atomic E-state index is 0.382. The molecule has 1 heterocycles. The summed E-state index contributed by atoms with van der Waals surface area (Å²) in [6.07, 6.45) is 13.7. The van der Waals surface area contributed by atoms with Crippen molar-refractivity contribution in [1.29, 1.82) is 0 Å². The zero-order valence-electron chi connectivity index (χ0n) is 13.9. The molecule has 2 nitrogen and oxygen atoms in total. The molecule has 5 rings (SSSR count). The zero-order chi connectivity index (χ0) is 14.4. The van der Waals surface area contributed by atoms with E-state index in [4.69, 9.17) is 5.73 Å². The van der Waals surface area contributed by atoms with Gasteiger partial charge < -0.3 is 10.6 Å². The van der Waals surface area contributed by atoms with Crippen LogP contribution in [0.4, 0.5) is 0 Å². The maximum atomic E-state index is 6.15. The van der Waals surface area contributed by atoms with Gasteiger partial charge in [0, 0.05) is 12.6 Å². The number of hydrogen-bond donors (Lipinski definition) is 1. The first kappa shape index (κ1) is 14.5. The van der Waals surface area contributed by atoms with Crippen molar-refractivity contribution in [3.05, 3.63) is 0 Å². The van der Waals surface area contributed by atoms with Gasteiger partial charge in [-0.1, -0.05) is 0 Å². The predicted octanol–water partition coefficient (Wildman–Crippen LogP) is 3.65. The van der Waals surface area contributed by atoms with Crippen LogP contribution in [0.5, 0.6) is 0 Å². The average Bonchev–Trinajstić information content (AvgIpc) is 2.44. The SMILES string of the molecule is CC(N)C1CCCN(CCC23CC4CC(CC(C4)C2)C3)C1. The smallest absolute Gasteiger partial charge is 0.00509 e. The fourth-order valence-electron chi connectivity index (χ4n) is 6.72. The highest BCUT2D eigenvalue weighted by atomic mass is 15.1. The second kappa shape index (κ2) is 5.53. The first-order chi connectivity index (χ1) is 10.1. The molecule has 0 aromatic rings. The molecule has 2 unspecified atom stereocenters. The Morgan fingerprint density at radius 2 is 1.71 bits per heavy atom. The molecule has 120 valence electrons. The van der Waals surface area contributed by atoms with Gasteiger partial charge in [-0.15, -0.1) is 0 Å². The van der Waals surface area contributed by atoms with Gasteiger partial charge in [-0.2, -0.15) is 0 Å². The van der Waals surface area contributed by atoms with Gasteiger partial charge in [0.15, 0.2) is 0 Å². The highest BCUT2D eigenvalue weighted by Gasteiger charge is 2.50. The Morgan fingerprint density at radius 1 is 1.10 bits per heavy atom. The van der Waals surface area contributed by atoms with Gasteiger partial charge in [-0.05, 0) is 107 Å². The number of piperidine rings is 1. The molecule has 2 heteroatoms. The number of rotatable bonds is 4. The van der Waals surface area contributed by atoms with Gasteiger partial charge in [-0.25, -0.2) is 0 Å². The first-order valence-corrected chi connectivity index (χ1v) is 9.60. The molecule has 0 aromatic carbocycles. The van der Waals surface area contributed by atoms with Crippen molar-refractivity contribution in [2.24, 2.45) is 34.8 Å². The predicted molar refractivity (Wildman–Crippen MR) is 88.0 cm³/mol. The molecular weight excluding hydrogens is 256 g/mol. The summed E-state index contributed by atoms with van der Waals surface area (Å²) >= 11 is 0. The van der Waals surface area contributed by atoms with E-state index in [-0.39, 0.29) is 0 Å². The van der Waals surface area contributed by atoms with Crippen molar-refractivity contribution in [3.8, 4) is 0 Å². The van der Waals surface area contributed by atoms with Gasteiger partial charge in [0.2, 0.25) is 0 Å². The fourth-order valence-corrected chi connectivity index (χ4v) is 6.72. The summed E-state index contributed by atoms with van der Waals surface area (Å²) in [4.78, 5) is 2.75. The van der Waals surface area contributed by atoms with E-state index in [2.05, 4.69) is 11.8 Å². The van der Waals surface area contributed by atoms with E-state index in [0.29, 0.717) is 6.04 Å². The molecule has 1 saturated heterocycles. The summed E-state index contributed by atoms with van der Waals surface area (Å²) in [5, 5.41) is 0. The molecule has 0 radical (unpaired) electrons. The monoisotopic (exact) mass is 290 g/mol. The maximum Gasteiger partial charge on any atom is 0.00509 e. The summed E-state index contributed by atoms with van der Waals surface area (Å²) < 4.78 is 0. The van der Waals surface area contributed by atoms with Crippen LogP contribution in [0.15, 0.2) is 0 Å². The van der Waals surface area contributed by atoms with Gasteiger partial charge >= 0.3 is 0 Å². The van der Waals surface area contributed by atoms with Crippen LogP contribution >= 0.6 is 0 Å². The third kappa shape index (κ3) is 2.91. The molecule has 0 aromatic heterocycles. The van der Waals surface area contributed by atoms with Crippen molar-refractivity contribution < 1.29 is 0 Å². The molecule has 21 heavy (non-hydrogen) atoms. The van der Waals surface area contributed by atoms with E-state index in [1.54, 1.807) is 38.5 Å². The van der Waals surface area contributed by atoms with Crippen LogP contribution in [0.1, 0.15) is 64.7 Å². The topological polar surface area (TPSA) is 29.3 Å². The van der Waals surface area contributed by atoms with E-state index in [1.165, 1.54) is 38.9 Å². The number of nitrogens with two attached hydrogens (primary N) is 1. The standard InChI is InChI=1S/C19H34N2/c1-14(20)18-3-2-5-21(13-18)6-4-19-10-15-7-16(11-19)9-17(8-15)12-19/h14-18H,2-13,20H2,1H3. The highest BCUT2D eigenvalue weighted by molar-refractivity contribution is 5.01. The van der Waals surface area contributed by atoms with E-state index in [9.17, 15) is 0 Å². The van der Waals surface area contributed by atoms with Crippen molar-refractivity contribution in [3.63, 3.8) is 0 Å². The fraction of sp³-hybridized carbons (Fsp3) is 1.00. The second-order valence-corrected chi connectivity index (χ2v) is 9.23. The van der Waals surface area contributed by atoms with Crippen molar-refractivity contribution in [2.45, 2.75) is 70.8 Å². The molecule has 4 aliphatic carbocycles. The Balaban J connectivity index is 1.34. The Bertz CT molecular complexity index is 340. The Morgan fingerprint density at radius 3 is 2.29 bits per heavy atom. The van der Waals surface area contributed by atoms with Crippen molar-refractivity contribution in [1.82, 2.24) is 4.90 Å². The lowest BCUT2D eigenvalue weighted by atomic mass is 9.49. The average molecular weight is 290 g/mol. The van der Waals surface area contributed by atoms with Crippen LogP contribution in [-0.4, -0.2) is 30.6 Å².